The molecule has 2 aliphatic rings. The van der Waals surface area contributed by atoms with Crippen molar-refractivity contribution < 1.29 is 42.9 Å². The Kier molecular flexibility index (Phi) is 11.9. The normalized spacial score (nSPS) is 22.1. The first-order valence-corrected chi connectivity index (χ1v) is 9.29. The van der Waals surface area contributed by atoms with Crippen molar-refractivity contribution in [3.63, 3.8) is 0 Å². The molecule has 0 atom stereocenters. The molecule has 0 unspecified atom stereocenters. The van der Waals surface area contributed by atoms with E-state index < -0.39 is 0 Å². The van der Waals surface area contributed by atoms with Crippen molar-refractivity contribution in [3.05, 3.63) is 0 Å². The van der Waals surface area contributed by atoms with Crippen molar-refractivity contribution in [2.75, 3.05) is 53.4 Å². The monoisotopic (exact) mass is 440 g/mol. The first kappa shape index (κ1) is 22.9. The van der Waals surface area contributed by atoms with Gasteiger partial charge in [-0.25, -0.2) is 0 Å². The van der Waals surface area contributed by atoms with Crippen LogP contribution >= 0.6 is 0 Å². The molecule has 2 rings (SSSR count). The van der Waals surface area contributed by atoms with Gasteiger partial charge in [0.2, 0.25) is 0 Å². The highest BCUT2D eigenvalue weighted by atomic mass is 79.9. The van der Waals surface area contributed by atoms with Crippen molar-refractivity contribution in [3.8, 4) is 0 Å². The Morgan fingerprint density at radius 2 is 0.773 bits per heavy atom. The molecule has 2 heterocycles. The molecule has 0 aliphatic carbocycles. The van der Waals surface area contributed by atoms with E-state index in [1.807, 2.05) is 0 Å². The minimum Gasteiger partial charge on any atom is -1.00 e. The molecule has 0 aromatic carbocycles. The molecule has 134 valence electrons. The summed E-state index contributed by atoms with van der Waals surface area (Å²) >= 11 is 0. The van der Waals surface area contributed by atoms with E-state index in [-0.39, 0.29) is 34.0 Å². The van der Waals surface area contributed by atoms with E-state index in [0.29, 0.717) is 0 Å². The molecule has 0 bridgehead atoms. The molecule has 0 saturated carbocycles. The quantitative estimate of drug-likeness (QED) is 0.282. The summed E-state index contributed by atoms with van der Waals surface area (Å²) in [5, 5.41) is 0. The van der Waals surface area contributed by atoms with Gasteiger partial charge in [0, 0.05) is 25.7 Å². The van der Waals surface area contributed by atoms with Crippen LogP contribution in [0.4, 0.5) is 0 Å². The summed E-state index contributed by atoms with van der Waals surface area (Å²) < 4.78 is 2.74. The Morgan fingerprint density at radius 3 is 1.09 bits per heavy atom. The number of hydrogen-bond donors (Lipinski definition) is 0. The minimum atomic E-state index is 0. The molecule has 0 aromatic heterocycles. The average Bonchev–Trinajstić information content (AvgIpc) is 3.03. The second-order valence-electron chi connectivity index (χ2n) is 8.12. The zero-order valence-electron chi connectivity index (χ0n) is 15.0. The molecule has 4 heteroatoms. The van der Waals surface area contributed by atoms with Crippen LogP contribution in [0.2, 0.25) is 0 Å². The Morgan fingerprint density at radius 1 is 0.500 bits per heavy atom. The Labute approximate surface area is 160 Å². The van der Waals surface area contributed by atoms with Gasteiger partial charge in [0.15, 0.2) is 0 Å². The van der Waals surface area contributed by atoms with Gasteiger partial charge in [-0.2, -0.15) is 0 Å². The lowest BCUT2D eigenvalue weighted by molar-refractivity contribution is -0.897. The number of quaternary nitrogens is 2. The molecular formula is C18H38Br2N2. The summed E-state index contributed by atoms with van der Waals surface area (Å²) in [7, 11) is 4.93. The summed E-state index contributed by atoms with van der Waals surface area (Å²) in [6, 6.07) is 0. The molecule has 0 aromatic rings. The van der Waals surface area contributed by atoms with Crippen molar-refractivity contribution in [2.24, 2.45) is 0 Å². The van der Waals surface area contributed by atoms with Crippen LogP contribution in [-0.4, -0.2) is 62.3 Å². The van der Waals surface area contributed by atoms with Crippen LogP contribution in [0.15, 0.2) is 0 Å². The van der Waals surface area contributed by atoms with Gasteiger partial charge in [0.05, 0.1) is 53.4 Å². The number of halogens is 2. The van der Waals surface area contributed by atoms with E-state index in [0.717, 1.165) is 0 Å². The van der Waals surface area contributed by atoms with E-state index in [1.165, 1.54) is 112 Å². The second-order valence-corrected chi connectivity index (χ2v) is 8.12. The van der Waals surface area contributed by atoms with E-state index in [4.69, 9.17) is 0 Å². The molecule has 0 N–H and O–H groups in total. The number of unbranched alkanes of at least 4 members (excludes halogenated alkanes) is 5. The van der Waals surface area contributed by atoms with Gasteiger partial charge in [-0.3, -0.25) is 0 Å². The van der Waals surface area contributed by atoms with Gasteiger partial charge in [0.25, 0.3) is 0 Å². The van der Waals surface area contributed by atoms with Crippen molar-refractivity contribution in [1.82, 2.24) is 0 Å². The van der Waals surface area contributed by atoms with Crippen molar-refractivity contribution in [1.29, 1.82) is 0 Å². The van der Waals surface area contributed by atoms with Gasteiger partial charge >= 0.3 is 0 Å². The summed E-state index contributed by atoms with van der Waals surface area (Å²) in [6.07, 6.45) is 14.7. The summed E-state index contributed by atoms with van der Waals surface area (Å²) in [4.78, 5) is 0. The van der Waals surface area contributed by atoms with Crippen LogP contribution < -0.4 is 34.0 Å². The lowest BCUT2D eigenvalue weighted by Crippen LogP contribution is -3.00. The topological polar surface area (TPSA) is 0 Å². The van der Waals surface area contributed by atoms with Crippen molar-refractivity contribution >= 4 is 0 Å². The fourth-order valence-electron chi connectivity index (χ4n) is 4.34. The third kappa shape index (κ3) is 8.12. The van der Waals surface area contributed by atoms with Crippen LogP contribution in [0.1, 0.15) is 64.2 Å². The number of rotatable bonds is 9. The zero-order valence-corrected chi connectivity index (χ0v) is 18.1. The minimum absolute atomic E-state index is 0. The Bertz CT molecular complexity index is 244. The molecule has 2 saturated heterocycles. The summed E-state index contributed by atoms with van der Waals surface area (Å²) in [5.41, 5.74) is 0. The molecular weight excluding hydrogens is 404 g/mol. The van der Waals surface area contributed by atoms with Crippen LogP contribution in [-0.2, 0) is 0 Å². The summed E-state index contributed by atoms with van der Waals surface area (Å²) in [6.45, 7) is 8.64. The fraction of sp³-hybridized carbons (Fsp3) is 1.00. The molecule has 0 spiro atoms. The van der Waals surface area contributed by atoms with E-state index >= 15 is 0 Å². The predicted octanol–water partition coefficient (Wildman–Crippen LogP) is -2.18. The van der Waals surface area contributed by atoms with Crippen LogP contribution in [0, 0.1) is 0 Å². The highest BCUT2D eigenvalue weighted by Crippen LogP contribution is 2.19. The number of nitrogens with zero attached hydrogens (tertiary/aromatic N) is 2. The van der Waals surface area contributed by atoms with Crippen LogP contribution in [0.5, 0.6) is 0 Å². The molecule has 0 radical (unpaired) electrons. The summed E-state index contributed by atoms with van der Waals surface area (Å²) in [5.74, 6) is 0. The SMILES string of the molecule is C[N+]1(CCCCCCCC[N+]2(C)CCCC2)CCCC1.[Br-].[Br-]. The molecule has 2 nitrogen and oxygen atoms in total. The lowest BCUT2D eigenvalue weighted by atomic mass is 10.1. The largest absolute Gasteiger partial charge is 1.00 e. The van der Waals surface area contributed by atoms with Gasteiger partial charge in [-0.1, -0.05) is 12.8 Å². The second kappa shape index (κ2) is 11.4. The predicted molar refractivity (Wildman–Crippen MR) is 87.7 cm³/mol. The maximum atomic E-state index is 2.47. The Hall–Kier alpha value is 0.880. The number of hydrogen-bond acceptors (Lipinski definition) is 0. The van der Waals surface area contributed by atoms with Gasteiger partial charge < -0.3 is 42.9 Å². The average molecular weight is 442 g/mol. The molecule has 2 fully saturated rings. The highest BCUT2D eigenvalue weighted by molar-refractivity contribution is 4.54. The van der Waals surface area contributed by atoms with E-state index in [9.17, 15) is 0 Å². The number of likely N-dealkylation sites (tertiary alicyclic amines) is 2. The standard InChI is InChI=1S/C18H38N2.2BrH/c1-19(15-9-10-16-19)13-7-5-3-4-6-8-14-20(2)17-11-12-18-20;;/h3-18H2,1-2H3;2*1H/q+2;;/p-2. The Balaban J connectivity index is 0.00000220. The zero-order chi connectivity index (χ0) is 14.3. The maximum Gasteiger partial charge on any atom is 0.0786 e. The van der Waals surface area contributed by atoms with Gasteiger partial charge in [-0.15, -0.1) is 0 Å². The first-order valence-electron chi connectivity index (χ1n) is 9.29. The third-order valence-corrected chi connectivity index (χ3v) is 5.94. The van der Waals surface area contributed by atoms with Crippen LogP contribution in [0.25, 0.3) is 0 Å². The van der Waals surface area contributed by atoms with Crippen LogP contribution in [0.3, 0.4) is 0 Å². The van der Waals surface area contributed by atoms with Gasteiger partial charge in [-0.05, 0) is 25.7 Å². The molecule has 0 amide bonds. The molecule has 2 aliphatic heterocycles. The van der Waals surface area contributed by atoms with Crippen molar-refractivity contribution in [2.45, 2.75) is 64.2 Å². The van der Waals surface area contributed by atoms with E-state index in [2.05, 4.69) is 14.1 Å². The fourth-order valence-corrected chi connectivity index (χ4v) is 4.34. The third-order valence-electron chi connectivity index (χ3n) is 5.94. The first-order chi connectivity index (χ1) is 9.62. The maximum absolute atomic E-state index is 2.47. The van der Waals surface area contributed by atoms with E-state index in [1.54, 1.807) is 0 Å². The molecule has 22 heavy (non-hydrogen) atoms. The van der Waals surface area contributed by atoms with Gasteiger partial charge in [0.1, 0.15) is 0 Å². The lowest BCUT2D eigenvalue weighted by Gasteiger charge is -2.29. The smallest absolute Gasteiger partial charge is 0.0786 e. The highest BCUT2D eigenvalue weighted by Gasteiger charge is 2.26.